The molecule has 0 aliphatic carbocycles. The van der Waals surface area contributed by atoms with Crippen LogP contribution in [0.5, 0.6) is 0 Å². The number of fused-ring (bicyclic) bond motifs is 1. The van der Waals surface area contributed by atoms with Gasteiger partial charge in [0.25, 0.3) is 0 Å². The number of rotatable bonds is 3. The Balaban J connectivity index is 1.80. The number of sulfonamides is 1. The zero-order valence-corrected chi connectivity index (χ0v) is 13.6. The van der Waals surface area contributed by atoms with Gasteiger partial charge in [-0.05, 0) is 48.9 Å². The highest BCUT2D eigenvalue weighted by atomic mass is 32.2. The lowest BCUT2D eigenvalue weighted by Gasteiger charge is -2.24. The maximum absolute atomic E-state index is 12.8. The molecule has 0 radical (unpaired) electrons. The molecule has 21 heavy (non-hydrogen) atoms. The van der Waals surface area contributed by atoms with Gasteiger partial charge in [-0.1, -0.05) is 26.0 Å². The van der Waals surface area contributed by atoms with Gasteiger partial charge < -0.3 is 5.32 Å². The molecule has 5 heteroatoms. The molecule has 2 heterocycles. The molecule has 2 fully saturated rings. The molecular weight excluding hydrogens is 284 g/mol. The van der Waals surface area contributed by atoms with Gasteiger partial charge in [-0.2, -0.15) is 4.31 Å². The minimum atomic E-state index is -3.35. The Labute approximate surface area is 127 Å². The summed E-state index contributed by atoms with van der Waals surface area (Å²) in [5.41, 5.74) is 1.17. The monoisotopic (exact) mass is 308 g/mol. The van der Waals surface area contributed by atoms with Gasteiger partial charge in [0, 0.05) is 19.1 Å². The fourth-order valence-corrected chi connectivity index (χ4v) is 4.90. The van der Waals surface area contributed by atoms with E-state index >= 15 is 0 Å². The van der Waals surface area contributed by atoms with Crippen molar-refractivity contribution in [3.05, 3.63) is 29.8 Å². The topological polar surface area (TPSA) is 49.4 Å². The van der Waals surface area contributed by atoms with Crippen LogP contribution in [0, 0.1) is 5.92 Å². The van der Waals surface area contributed by atoms with Crippen molar-refractivity contribution in [2.45, 2.75) is 43.5 Å². The second kappa shape index (κ2) is 5.71. The van der Waals surface area contributed by atoms with Gasteiger partial charge >= 0.3 is 0 Å². The van der Waals surface area contributed by atoms with Crippen molar-refractivity contribution in [2.24, 2.45) is 5.92 Å². The zero-order valence-electron chi connectivity index (χ0n) is 12.7. The van der Waals surface area contributed by atoms with Crippen molar-refractivity contribution in [2.75, 3.05) is 19.6 Å². The first-order chi connectivity index (χ1) is 9.98. The molecule has 1 N–H and O–H groups in total. The minimum Gasteiger partial charge on any atom is -0.312 e. The number of nitrogens with zero attached hydrogens (tertiary/aromatic N) is 1. The summed E-state index contributed by atoms with van der Waals surface area (Å²) in [6, 6.07) is 7.70. The van der Waals surface area contributed by atoms with E-state index < -0.39 is 10.0 Å². The highest BCUT2D eigenvalue weighted by Gasteiger charge is 2.40. The summed E-state index contributed by atoms with van der Waals surface area (Å²) in [6.07, 6.45) is 2.29. The van der Waals surface area contributed by atoms with E-state index in [-0.39, 0.29) is 0 Å². The third kappa shape index (κ3) is 2.87. The maximum atomic E-state index is 12.8. The summed E-state index contributed by atoms with van der Waals surface area (Å²) in [5, 5.41) is 3.45. The molecule has 0 aromatic heterocycles. The number of hydrogen-bond donors (Lipinski definition) is 1. The van der Waals surface area contributed by atoms with Crippen molar-refractivity contribution in [3.8, 4) is 0 Å². The fourth-order valence-electron chi connectivity index (χ4n) is 3.38. The van der Waals surface area contributed by atoms with Crippen molar-refractivity contribution in [3.63, 3.8) is 0 Å². The Morgan fingerprint density at radius 1 is 1.19 bits per heavy atom. The Hall–Kier alpha value is -0.910. The van der Waals surface area contributed by atoms with Gasteiger partial charge in [0.1, 0.15) is 0 Å². The number of piperidine rings is 1. The van der Waals surface area contributed by atoms with Crippen molar-refractivity contribution < 1.29 is 8.42 Å². The summed E-state index contributed by atoms with van der Waals surface area (Å²) in [4.78, 5) is 0.422. The van der Waals surface area contributed by atoms with Crippen LogP contribution in [0.4, 0.5) is 0 Å². The standard InChI is InChI=1S/C16H24N2O2S/c1-12(2)13-5-7-15(8-6-13)21(19,20)18-10-14-4-3-9-17-16(14)11-18/h5-8,12,14,16-17H,3-4,9-11H2,1-2H3. The van der Waals surface area contributed by atoms with Crippen LogP contribution in [-0.2, 0) is 10.0 Å². The maximum Gasteiger partial charge on any atom is 0.243 e. The molecule has 1 aromatic carbocycles. The van der Waals surface area contributed by atoms with E-state index in [4.69, 9.17) is 0 Å². The molecule has 1 aromatic rings. The van der Waals surface area contributed by atoms with Crippen LogP contribution >= 0.6 is 0 Å². The number of hydrogen-bond acceptors (Lipinski definition) is 3. The van der Waals surface area contributed by atoms with Gasteiger partial charge in [0.2, 0.25) is 10.0 Å². The molecular formula is C16H24N2O2S. The van der Waals surface area contributed by atoms with Crippen LogP contribution in [-0.4, -0.2) is 38.4 Å². The predicted octanol–water partition coefficient (Wildman–Crippen LogP) is 2.18. The van der Waals surface area contributed by atoms with Crippen molar-refractivity contribution in [1.82, 2.24) is 9.62 Å². The summed E-state index contributed by atoms with van der Waals surface area (Å²) >= 11 is 0. The van der Waals surface area contributed by atoms with E-state index in [2.05, 4.69) is 19.2 Å². The Morgan fingerprint density at radius 2 is 1.90 bits per heavy atom. The molecule has 2 atom stereocenters. The minimum absolute atomic E-state index is 0.337. The van der Waals surface area contributed by atoms with Crippen LogP contribution in [0.25, 0.3) is 0 Å². The SMILES string of the molecule is CC(C)c1ccc(S(=O)(=O)N2CC3CCCNC3C2)cc1. The van der Waals surface area contributed by atoms with E-state index in [9.17, 15) is 8.42 Å². The summed E-state index contributed by atoms with van der Waals surface area (Å²) in [6.45, 7) is 6.50. The number of benzene rings is 1. The Bertz CT molecular complexity index is 581. The largest absolute Gasteiger partial charge is 0.312 e. The molecule has 2 unspecified atom stereocenters. The van der Waals surface area contributed by atoms with Gasteiger partial charge in [0.15, 0.2) is 0 Å². The second-order valence-electron chi connectivity index (χ2n) is 6.51. The fraction of sp³-hybridized carbons (Fsp3) is 0.625. The van der Waals surface area contributed by atoms with Gasteiger partial charge in [-0.15, -0.1) is 0 Å². The Morgan fingerprint density at radius 3 is 2.52 bits per heavy atom. The molecule has 116 valence electrons. The van der Waals surface area contributed by atoms with Gasteiger partial charge in [-0.3, -0.25) is 0 Å². The molecule has 0 saturated carbocycles. The molecule has 0 bridgehead atoms. The molecule has 0 amide bonds. The quantitative estimate of drug-likeness (QED) is 0.931. The van der Waals surface area contributed by atoms with Crippen LogP contribution < -0.4 is 5.32 Å². The van der Waals surface area contributed by atoms with E-state index in [0.29, 0.717) is 35.9 Å². The van der Waals surface area contributed by atoms with E-state index in [1.165, 1.54) is 5.56 Å². The van der Waals surface area contributed by atoms with Crippen LogP contribution in [0.2, 0.25) is 0 Å². The van der Waals surface area contributed by atoms with E-state index in [0.717, 1.165) is 19.4 Å². The first kappa shape index (κ1) is 15.0. The first-order valence-electron chi connectivity index (χ1n) is 7.82. The van der Waals surface area contributed by atoms with Crippen molar-refractivity contribution in [1.29, 1.82) is 0 Å². The first-order valence-corrected chi connectivity index (χ1v) is 9.26. The zero-order chi connectivity index (χ0) is 15.0. The molecule has 4 nitrogen and oxygen atoms in total. The van der Waals surface area contributed by atoms with Crippen LogP contribution in [0.1, 0.15) is 38.2 Å². The van der Waals surface area contributed by atoms with E-state index in [1.807, 2.05) is 12.1 Å². The van der Waals surface area contributed by atoms with Gasteiger partial charge in [0.05, 0.1) is 4.90 Å². The Kier molecular flexibility index (Phi) is 4.08. The predicted molar refractivity (Wildman–Crippen MR) is 83.8 cm³/mol. The summed E-state index contributed by atoms with van der Waals surface area (Å²) < 4.78 is 27.2. The average Bonchev–Trinajstić information content (AvgIpc) is 2.92. The van der Waals surface area contributed by atoms with Crippen LogP contribution in [0.15, 0.2) is 29.2 Å². The summed E-state index contributed by atoms with van der Waals surface area (Å²) in [7, 11) is -3.35. The third-order valence-corrected chi connectivity index (χ3v) is 6.60. The highest BCUT2D eigenvalue weighted by molar-refractivity contribution is 7.89. The number of nitrogens with one attached hydrogen (secondary N) is 1. The van der Waals surface area contributed by atoms with Crippen LogP contribution in [0.3, 0.4) is 0 Å². The highest BCUT2D eigenvalue weighted by Crippen LogP contribution is 2.29. The lowest BCUT2D eigenvalue weighted by atomic mass is 9.94. The van der Waals surface area contributed by atoms with Gasteiger partial charge in [-0.25, -0.2) is 8.42 Å². The smallest absolute Gasteiger partial charge is 0.243 e. The normalized spacial score (nSPS) is 27.0. The molecule has 3 rings (SSSR count). The average molecular weight is 308 g/mol. The van der Waals surface area contributed by atoms with E-state index in [1.54, 1.807) is 16.4 Å². The lowest BCUT2D eigenvalue weighted by molar-refractivity contribution is 0.339. The molecule has 2 aliphatic heterocycles. The third-order valence-electron chi connectivity index (χ3n) is 4.75. The molecule has 0 spiro atoms. The van der Waals surface area contributed by atoms with Crippen molar-refractivity contribution >= 4 is 10.0 Å². The second-order valence-corrected chi connectivity index (χ2v) is 8.45. The lowest BCUT2D eigenvalue weighted by Crippen LogP contribution is -2.41. The molecule has 2 saturated heterocycles. The summed E-state index contributed by atoms with van der Waals surface area (Å²) in [5.74, 6) is 0.893. The molecule has 2 aliphatic rings.